The molecule has 0 nitrogen and oxygen atoms in total. The van der Waals surface area contributed by atoms with Gasteiger partial charge in [-0.2, -0.15) is 0 Å². The second-order valence-corrected chi connectivity index (χ2v) is 9.51. The maximum Gasteiger partial charge on any atom is -0.0323 e. The topological polar surface area (TPSA) is 0 Å². The first kappa shape index (κ1) is 28.5. The summed E-state index contributed by atoms with van der Waals surface area (Å²) in [7, 11) is 0. The molecule has 0 radical (unpaired) electrons. The van der Waals surface area contributed by atoms with E-state index in [1.165, 1.54) is 147 Å². The highest BCUT2D eigenvalue weighted by atomic mass is 14.1. The summed E-state index contributed by atoms with van der Waals surface area (Å²) in [6, 6.07) is 0. The van der Waals surface area contributed by atoms with Gasteiger partial charge in [0.15, 0.2) is 0 Å². The highest BCUT2D eigenvalue weighted by molar-refractivity contribution is 4.93. The quantitative estimate of drug-likeness (QED) is 0.111. The zero-order valence-corrected chi connectivity index (χ0v) is 20.6. The Morgan fingerprint density at radius 2 is 1.10 bits per heavy atom. The van der Waals surface area contributed by atoms with Crippen LogP contribution in [0.15, 0.2) is 24.8 Å². The van der Waals surface area contributed by atoms with Crippen LogP contribution in [0.5, 0.6) is 0 Å². The van der Waals surface area contributed by atoms with Gasteiger partial charge in [-0.25, -0.2) is 0 Å². The minimum Gasteiger partial charge on any atom is -0.103 e. The fraction of sp³-hybridized carbons (Fsp3) is 0.862. The summed E-state index contributed by atoms with van der Waals surface area (Å²) in [6.45, 7) is 12.8. The van der Waals surface area contributed by atoms with Crippen molar-refractivity contribution in [3.05, 3.63) is 24.8 Å². The first-order chi connectivity index (χ1) is 14.2. The molecule has 0 N–H and O–H groups in total. The van der Waals surface area contributed by atoms with E-state index in [9.17, 15) is 0 Å². The van der Waals surface area contributed by atoms with Gasteiger partial charge in [0, 0.05) is 0 Å². The van der Waals surface area contributed by atoms with Crippen LogP contribution in [0.25, 0.3) is 0 Å². The largest absolute Gasteiger partial charge is 0.103 e. The van der Waals surface area contributed by atoms with Crippen LogP contribution in [0.4, 0.5) is 0 Å². The van der Waals surface area contributed by atoms with E-state index >= 15 is 0 Å². The van der Waals surface area contributed by atoms with Crippen molar-refractivity contribution in [1.82, 2.24) is 0 Å². The molecule has 0 amide bonds. The molecule has 172 valence electrons. The standard InChI is InChI=1S/C29H56/c1-5-8-10-11-12-13-14-15-16-17-18-19-21-24-28(4)25-22-27-29(23-7-3)26-20-9-6-2/h5,29H,1,4,6-27H2,2-3H3. The summed E-state index contributed by atoms with van der Waals surface area (Å²) in [6.07, 6.45) is 32.7. The summed E-state index contributed by atoms with van der Waals surface area (Å²) in [4.78, 5) is 0. The van der Waals surface area contributed by atoms with E-state index in [1.807, 2.05) is 6.08 Å². The molecule has 0 aromatic carbocycles. The van der Waals surface area contributed by atoms with Crippen LogP contribution >= 0.6 is 0 Å². The van der Waals surface area contributed by atoms with Crippen LogP contribution in [-0.4, -0.2) is 0 Å². The molecule has 0 heterocycles. The van der Waals surface area contributed by atoms with Crippen LogP contribution in [0.2, 0.25) is 0 Å². The molecule has 0 heteroatoms. The fourth-order valence-corrected chi connectivity index (χ4v) is 4.54. The minimum absolute atomic E-state index is 0.978. The Balaban J connectivity index is 3.41. The maximum atomic E-state index is 4.36. The van der Waals surface area contributed by atoms with Gasteiger partial charge in [-0.05, 0) is 44.4 Å². The lowest BCUT2D eigenvalue weighted by atomic mass is 9.90. The van der Waals surface area contributed by atoms with Gasteiger partial charge in [-0.1, -0.05) is 135 Å². The average molecular weight is 405 g/mol. The Hall–Kier alpha value is -0.520. The van der Waals surface area contributed by atoms with Crippen LogP contribution in [0.1, 0.15) is 155 Å². The molecule has 0 saturated heterocycles. The minimum atomic E-state index is 0.978. The van der Waals surface area contributed by atoms with Crippen LogP contribution in [-0.2, 0) is 0 Å². The van der Waals surface area contributed by atoms with Crippen molar-refractivity contribution in [2.45, 2.75) is 155 Å². The van der Waals surface area contributed by atoms with Crippen molar-refractivity contribution >= 4 is 0 Å². The highest BCUT2D eigenvalue weighted by Gasteiger charge is 2.07. The molecule has 1 atom stereocenters. The number of rotatable bonds is 24. The lowest BCUT2D eigenvalue weighted by Gasteiger charge is -2.16. The molecule has 0 aromatic heterocycles. The molecule has 0 aliphatic rings. The summed E-state index contributed by atoms with van der Waals surface area (Å²) in [5, 5.41) is 0. The number of unbranched alkanes of at least 4 members (excludes halogenated alkanes) is 13. The summed E-state index contributed by atoms with van der Waals surface area (Å²) in [5.41, 5.74) is 1.52. The van der Waals surface area contributed by atoms with E-state index in [1.54, 1.807) is 0 Å². The summed E-state index contributed by atoms with van der Waals surface area (Å²) >= 11 is 0. The fourth-order valence-electron chi connectivity index (χ4n) is 4.54. The predicted molar refractivity (Wildman–Crippen MR) is 136 cm³/mol. The molecule has 29 heavy (non-hydrogen) atoms. The number of allylic oxidation sites excluding steroid dienone is 2. The third kappa shape index (κ3) is 22.0. The summed E-state index contributed by atoms with van der Waals surface area (Å²) < 4.78 is 0. The molecule has 0 fully saturated rings. The smallest absolute Gasteiger partial charge is 0.0323 e. The van der Waals surface area contributed by atoms with Crippen molar-refractivity contribution < 1.29 is 0 Å². The molecule has 0 spiro atoms. The Kier molecular flexibility index (Phi) is 23.3. The van der Waals surface area contributed by atoms with Crippen LogP contribution in [0.3, 0.4) is 0 Å². The Labute approximate surface area is 186 Å². The second kappa shape index (κ2) is 23.8. The molecule has 1 unspecified atom stereocenters. The van der Waals surface area contributed by atoms with Crippen LogP contribution in [0, 0.1) is 5.92 Å². The third-order valence-corrected chi connectivity index (χ3v) is 6.49. The van der Waals surface area contributed by atoms with Crippen molar-refractivity contribution in [2.24, 2.45) is 5.92 Å². The molecular formula is C29H56. The molecule has 0 bridgehead atoms. The van der Waals surface area contributed by atoms with Crippen molar-refractivity contribution in [1.29, 1.82) is 0 Å². The van der Waals surface area contributed by atoms with Gasteiger partial charge in [0.1, 0.15) is 0 Å². The molecule has 0 aliphatic heterocycles. The monoisotopic (exact) mass is 404 g/mol. The van der Waals surface area contributed by atoms with Gasteiger partial charge in [0.05, 0.1) is 0 Å². The second-order valence-electron chi connectivity index (χ2n) is 9.51. The predicted octanol–water partition coefficient (Wildman–Crippen LogP) is 11.0. The third-order valence-electron chi connectivity index (χ3n) is 6.49. The zero-order valence-electron chi connectivity index (χ0n) is 20.6. The SMILES string of the molecule is C=CCCCCCCCCCCCCCC(=C)CCCC(CCC)CCCCC. The van der Waals surface area contributed by atoms with Crippen LogP contribution < -0.4 is 0 Å². The average Bonchev–Trinajstić information content (AvgIpc) is 2.71. The molecular weight excluding hydrogens is 348 g/mol. The van der Waals surface area contributed by atoms with E-state index in [-0.39, 0.29) is 0 Å². The van der Waals surface area contributed by atoms with E-state index in [2.05, 4.69) is 27.0 Å². The highest BCUT2D eigenvalue weighted by Crippen LogP contribution is 2.24. The molecule has 0 rings (SSSR count). The van der Waals surface area contributed by atoms with Gasteiger partial charge in [0.2, 0.25) is 0 Å². The first-order valence-electron chi connectivity index (χ1n) is 13.5. The Morgan fingerprint density at radius 3 is 1.66 bits per heavy atom. The molecule has 0 aromatic rings. The van der Waals surface area contributed by atoms with Crippen molar-refractivity contribution in [3.8, 4) is 0 Å². The summed E-state index contributed by atoms with van der Waals surface area (Å²) in [5.74, 6) is 0.978. The van der Waals surface area contributed by atoms with Gasteiger partial charge < -0.3 is 0 Å². The lowest BCUT2D eigenvalue weighted by molar-refractivity contribution is 0.387. The number of hydrogen-bond acceptors (Lipinski definition) is 0. The number of hydrogen-bond donors (Lipinski definition) is 0. The van der Waals surface area contributed by atoms with E-state index in [4.69, 9.17) is 0 Å². The van der Waals surface area contributed by atoms with Gasteiger partial charge in [0.25, 0.3) is 0 Å². The Morgan fingerprint density at radius 1 is 0.586 bits per heavy atom. The maximum absolute atomic E-state index is 4.36. The van der Waals surface area contributed by atoms with Gasteiger partial charge in [-0.15, -0.1) is 6.58 Å². The molecule has 0 aliphatic carbocycles. The van der Waals surface area contributed by atoms with Gasteiger partial charge >= 0.3 is 0 Å². The van der Waals surface area contributed by atoms with E-state index < -0.39 is 0 Å². The van der Waals surface area contributed by atoms with Crippen molar-refractivity contribution in [3.63, 3.8) is 0 Å². The van der Waals surface area contributed by atoms with E-state index in [0.29, 0.717) is 0 Å². The van der Waals surface area contributed by atoms with E-state index in [0.717, 1.165) is 5.92 Å². The molecule has 0 saturated carbocycles. The zero-order chi connectivity index (χ0) is 21.4. The Bertz CT molecular complexity index is 340. The van der Waals surface area contributed by atoms with Crippen molar-refractivity contribution in [2.75, 3.05) is 0 Å². The van der Waals surface area contributed by atoms with Gasteiger partial charge in [-0.3, -0.25) is 0 Å². The first-order valence-corrected chi connectivity index (χ1v) is 13.5. The normalized spacial score (nSPS) is 12.2. The lowest BCUT2D eigenvalue weighted by Crippen LogP contribution is -2.01.